The van der Waals surface area contributed by atoms with Crippen LogP contribution in [0.15, 0.2) is 42.5 Å². The lowest BCUT2D eigenvalue weighted by Gasteiger charge is -2.29. The minimum atomic E-state index is -0.288. The van der Waals surface area contributed by atoms with Crippen LogP contribution in [0, 0.1) is 0 Å². The molecule has 0 spiro atoms. The molecule has 0 radical (unpaired) electrons. The second-order valence-electron chi connectivity index (χ2n) is 7.71. The van der Waals surface area contributed by atoms with Crippen LogP contribution >= 0.6 is 0 Å². The third kappa shape index (κ3) is 4.19. The summed E-state index contributed by atoms with van der Waals surface area (Å²) in [5.41, 5.74) is 3.73. The molecule has 5 nitrogen and oxygen atoms in total. The van der Waals surface area contributed by atoms with Gasteiger partial charge in [0.1, 0.15) is 18.8 Å². The number of carbonyl (C=O) groups excluding carboxylic acids is 2. The number of nitrogens with zero attached hydrogens (tertiary/aromatic N) is 1. The van der Waals surface area contributed by atoms with E-state index in [2.05, 4.69) is 33.0 Å². The molecule has 0 aromatic heterocycles. The van der Waals surface area contributed by atoms with Crippen LogP contribution in [-0.2, 0) is 9.59 Å². The zero-order chi connectivity index (χ0) is 20.3. The van der Waals surface area contributed by atoms with Gasteiger partial charge < -0.3 is 15.0 Å². The molecule has 28 heavy (non-hydrogen) atoms. The van der Waals surface area contributed by atoms with E-state index in [4.69, 9.17) is 4.74 Å². The van der Waals surface area contributed by atoms with Crippen molar-refractivity contribution in [2.75, 3.05) is 23.4 Å². The van der Waals surface area contributed by atoms with Crippen LogP contribution < -0.4 is 15.0 Å². The molecule has 1 aliphatic rings. The molecular formula is C23H28N2O3. The van der Waals surface area contributed by atoms with Crippen molar-refractivity contribution in [1.82, 2.24) is 0 Å². The van der Waals surface area contributed by atoms with Gasteiger partial charge in [-0.15, -0.1) is 0 Å². The van der Waals surface area contributed by atoms with Gasteiger partial charge in [0, 0.05) is 5.69 Å². The average Bonchev–Trinajstić information content (AvgIpc) is 2.67. The zero-order valence-electron chi connectivity index (χ0n) is 17.0. The predicted octanol–water partition coefficient (Wildman–Crippen LogP) is 4.69. The molecule has 0 fully saturated rings. The second-order valence-corrected chi connectivity index (χ2v) is 7.71. The number of nitrogens with one attached hydrogen (secondary N) is 1. The van der Waals surface area contributed by atoms with Gasteiger partial charge in [0.25, 0.3) is 0 Å². The monoisotopic (exact) mass is 380 g/mol. The largest absolute Gasteiger partial charge is 0.490 e. The summed E-state index contributed by atoms with van der Waals surface area (Å²) in [6.45, 7) is 9.28. The van der Waals surface area contributed by atoms with Gasteiger partial charge in [-0.2, -0.15) is 0 Å². The smallest absolute Gasteiger partial charge is 0.236 e. The molecule has 2 aromatic rings. The molecule has 0 saturated heterocycles. The lowest BCUT2D eigenvalue weighted by atomic mass is 9.92. The molecule has 2 amide bonds. The van der Waals surface area contributed by atoms with E-state index >= 15 is 0 Å². The number of rotatable bonds is 5. The molecule has 3 rings (SSSR count). The van der Waals surface area contributed by atoms with Crippen LogP contribution in [0.4, 0.5) is 11.4 Å². The number of carbonyl (C=O) groups is 2. The number of amides is 2. The Kier molecular flexibility index (Phi) is 6.02. The fraction of sp³-hybridized carbons (Fsp3) is 0.391. The second kappa shape index (κ2) is 8.46. The van der Waals surface area contributed by atoms with Crippen molar-refractivity contribution in [3.8, 4) is 5.75 Å². The van der Waals surface area contributed by atoms with Gasteiger partial charge in [-0.1, -0.05) is 58.0 Å². The Balaban J connectivity index is 1.78. The summed E-state index contributed by atoms with van der Waals surface area (Å²) in [4.78, 5) is 27.2. The minimum Gasteiger partial charge on any atom is -0.490 e. The van der Waals surface area contributed by atoms with Crippen molar-refractivity contribution in [2.45, 2.75) is 46.0 Å². The maximum Gasteiger partial charge on any atom is 0.236 e. The highest BCUT2D eigenvalue weighted by Crippen LogP contribution is 2.33. The van der Waals surface area contributed by atoms with Crippen molar-refractivity contribution in [3.63, 3.8) is 0 Å². The molecule has 0 atom stereocenters. The first-order valence-corrected chi connectivity index (χ1v) is 9.83. The van der Waals surface area contributed by atoms with Gasteiger partial charge in [-0.25, -0.2) is 0 Å². The summed E-state index contributed by atoms with van der Waals surface area (Å²) in [5, 5.41) is 3.02. The van der Waals surface area contributed by atoms with E-state index < -0.39 is 0 Å². The molecule has 0 saturated carbocycles. The maximum absolute atomic E-state index is 12.8. The minimum absolute atomic E-state index is 0.196. The van der Waals surface area contributed by atoms with Crippen LogP contribution in [0.5, 0.6) is 5.75 Å². The van der Waals surface area contributed by atoms with Crippen LogP contribution in [0.1, 0.15) is 57.1 Å². The Labute approximate surface area is 166 Å². The molecule has 0 bridgehead atoms. The first-order chi connectivity index (χ1) is 13.4. The third-order valence-corrected chi connectivity index (χ3v) is 4.98. The van der Waals surface area contributed by atoms with Crippen molar-refractivity contribution in [1.29, 1.82) is 0 Å². The number of benzene rings is 2. The van der Waals surface area contributed by atoms with Crippen LogP contribution in [0.2, 0.25) is 0 Å². The van der Waals surface area contributed by atoms with Crippen LogP contribution in [0.25, 0.3) is 0 Å². The van der Waals surface area contributed by atoms with Gasteiger partial charge in [0.15, 0.2) is 0 Å². The van der Waals surface area contributed by atoms with E-state index in [1.165, 1.54) is 0 Å². The molecule has 2 aromatic carbocycles. The SMILES string of the molecule is CC(C)c1cccc(C(C)C)c1NC(=O)CC(=O)N1CCOc2ccccc21. The number of hydrogen-bond donors (Lipinski definition) is 1. The average molecular weight is 380 g/mol. The summed E-state index contributed by atoms with van der Waals surface area (Å²) < 4.78 is 5.59. The van der Waals surface area contributed by atoms with Gasteiger partial charge in [0.2, 0.25) is 11.8 Å². The molecule has 5 heteroatoms. The number of anilines is 2. The quantitative estimate of drug-likeness (QED) is 0.766. The van der Waals surface area contributed by atoms with Gasteiger partial charge in [-0.05, 0) is 35.1 Å². The van der Waals surface area contributed by atoms with Crippen molar-refractivity contribution in [3.05, 3.63) is 53.6 Å². The predicted molar refractivity (Wildman–Crippen MR) is 112 cm³/mol. The number of fused-ring (bicyclic) bond motifs is 1. The van der Waals surface area contributed by atoms with Crippen molar-refractivity contribution < 1.29 is 14.3 Å². The summed E-state index contributed by atoms with van der Waals surface area (Å²) in [6, 6.07) is 13.5. The summed E-state index contributed by atoms with van der Waals surface area (Å²) >= 11 is 0. The molecule has 148 valence electrons. The van der Waals surface area contributed by atoms with E-state index in [-0.39, 0.29) is 30.1 Å². The molecule has 1 aliphatic heterocycles. The topological polar surface area (TPSA) is 58.6 Å². The fourth-order valence-electron chi connectivity index (χ4n) is 3.54. The number of hydrogen-bond acceptors (Lipinski definition) is 3. The highest BCUT2D eigenvalue weighted by atomic mass is 16.5. The summed E-state index contributed by atoms with van der Waals surface area (Å²) in [7, 11) is 0. The Morgan fingerprint density at radius 1 is 1.00 bits per heavy atom. The third-order valence-electron chi connectivity index (χ3n) is 4.98. The highest BCUT2D eigenvalue weighted by molar-refractivity contribution is 6.10. The van der Waals surface area contributed by atoms with E-state index in [1.54, 1.807) is 4.90 Å². The first-order valence-electron chi connectivity index (χ1n) is 9.83. The normalized spacial score (nSPS) is 13.3. The zero-order valence-corrected chi connectivity index (χ0v) is 17.0. The lowest BCUT2D eigenvalue weighted by molar-refractivity contribution is -0.125. The highest BCUT2D eigenvalue weighted by Gasteiger charge is 2.25. The fourth-order valence-corrected chi connectivity index (χ4v) is 3.54. The van der Waals surface area contributed by atoms with Crippen molar-refractivity contribution >= 4 is 23.2 Å². The number of ether oxygens (including phenoxy) is 1. The van der Waals surface area contributed by atoms with Gasteiger partial charge in [0.05, 0.1) is 12.2 Å². The van der Waals surface area contributed by atoms with Gasteiger partial charge in [-0.3, -0.25) is 9.59 Å². The Morgan fingerprint density at radius 3 is 2.29 bits per heavy atom. The van der Waals surface area contributed by atoms with Crippen LogP contribution in [-0.4, -0.2) is 25.0 Å². The van der Waals surface area contributed by atoms with Crippen molar-refractivity contribution in [2.24, 2.45) is 0 Å². The first kappa shape index (κ1) is 19.9. The van der Waals surface area contributed by atoms with E-state index in [0.29, 0.717) is 18.9 Å². The summed E-state index contributed by atoms with van der Waals surface area (Å²) in [5.74, 6) is 0.715. The van der Waals surface area contributed by atoms with Crippen LogP contribution in [0.3, 0.4) is 0 Å². The molecular weight excluding hydrogens is 352 g/mol. The standard InChI is InChI=1S/C23H28N2O3/c1-15(2)17-8-7-9-18(16(3)4)23(17)24-21(26)14-22(27)25-12-13-28-20-11-6-5-10-19(20)25/h5-11,15-16H,12-14H2,1-4H3,(H,24,26). The number of para-hydroxylation sites is 3. The molecule has 1 N–H and O–H groups in total. The molecule has 0 unspecified atom stereocenters. The summed E-state index contributed by atoms with van der Waals surface area (Å²) in [6.07, 6.45) is -0.196. The Hall–Kier alpha value is -2.82. The van der Waals surface area contributed by atoms with Gasteiger partial charge >= 0.3 is 0 Å². The Bertz CT molecular complexity index is 848. The van der Waals surface area contributed by atoms with E-state index in [0.717, 1.165) is 22.5 Å². The Morgan fingerprint density at radius 2 is 1.64 bits per heavy atom. The molecule has 0 aliphatic carbocycles. The van der Waals surface area contributed by atoms with E-state index in [9.17, 15) is 9.59 Å². The molecule has 1 heterocycles. The lowest BCUT2D eigenvalue weighted by Crippen LogP contribution is -2.39. The van der Waals surface area contributed by atoms with E-state index in [1.807, 2.05) is 42.5 Å². The maximum atomic E-state index is 12.8.